The Morgan fingerprint density at radius 3 is 2.74 bits per heavy atom. The lowest BCUT2D eigenvalue weighted by molar-refractivity contribution is 0.548. The molecule has 0 saturated carbocycles. The molecule has 106 valence electrons. The van der Waals surface area contributed by atoms with Gasteiger partial charge in [-0.3, -0.25) is 0 Å². The lowest BCUT2D eigenvalue weighted by Crippen LogP contribution is -2.32. The van der Waals surface area contributed by atoms with Crippen molar-refractivity contribution in [3.63, 3.8) is 0 Å². The van der Waals surface area contributed by atoms with Gasteiger partial charge in [-0.05, 0) is 55.0 Å². The standard InChI is InChI=1S/C17H28N2/c1-13-5-6-15(17(2,3)4)11-14(13)7-10-19-16-8-9-18-12-16/h5-6,11,16,18-19H,7-10,12H2,1-4H3. The van der Waals surface area contributed by atoms with Crippen LogP contribution in [0.2, 0.25) is 0 Å². The predicted molar refractivity (Wildman–Crippen MR) is 82.9 cm³/mol. The molecule has 19 heavy (non-hydrogen) atoms. The molecule has 0 radical (unpaired) electrons. The highest BCUT2D eigenvalue weighted by atomic mass is 15.0. The van der Waals surface area contributed by atoms with Crippen molar-refractivity contribution in [1.82, 2.24) is 10.6 Å². The van der Waals surface area contributed by atoms with Gasteiger partial charge in [0.05, 0.1) is 0 Å². The summed E-state index contributed by atoms with van der Waals surface area (Å²) < 4.78 is 0. The Kier molecular flexibility index (Phi) is 4.64. The van der Waals surface area contributed by atoms with E-state index in [-0.39, 0.29) is 5.41 Å². The Balaban J connectivity index is 1.94. The molecule has 2 N–H and O–H groups in total. The number of benzene rings is 1. The third kappa shape index (κ3) is 4.05. The topological polar surface area (TPSA) is 24.1 Å². The van der Waals surface area contributed by atoms with E-state index >= 15 is 0 Å². The van der Waals surface area contributed by atoms with Gasteiger partial charge in [0.2, 0.25) is 0 Å². The van der Waals surface area contributed by atoms with Gasteiger partial charge in [0.1, 0.15) is 0 Å². The number of aryl methyl sites for hydroxylation is 1. The second-order valence-electron chi connectivity index (χ2n) is 6.79. The van der Waals surface area contributed by atoms with Gasteiger partial charge in [0.25, 0.3) is 0 Å². The van der Waals surface area contributed by atoms with Crippen LogP contribution in [-0.4, -0.2) is 25.7 Å². The average molecular weight is 260 g/mol. The summed E-state index contributed by atoms with van der Waals surface area (Å²) >= 11 is 0. The normalized spacial score (nSPS) is 19.9. The van der Waals surface area contributed by atoms with Crippen molar-refractivity contribution in [2.24, 2.45) is 0 Å². The Morgan fingerprint density at radius 1 is 1.32 bits per heavy atom. The predicted octanol–water partition coefficient (Wildman–Crippen LogP) is 2.79. The van der Waals surface area contributed by atoms with Crippen LogP contribution < -0.4 is 10.6 Å². The van der Waals surface area contributed by atoms with Crippen LogP contribution in [0.4, 0.5) is 0 Å². The molecule has 0 bridgehead atoms. The summed E-state index contributed by atoms with van der Waals surface area (Å²) in [5.74, 6) is 0. The zero-order valence-corrected chi connectivity index (χ0v) is 12.8. The zero-order chi connectivity index (χ0) is 13.9. The van der Waals surface area contributed by atoms with Crippen molar-refractivity contribution in [2.45, 2.75) is 52.0 Å². The van der Waals surface area contributed by atoms with Gasteiger partial charge in [-0.15, -0.1) is 0 Å². The van der Waals surface area contributed by atoms with Crippen LogP contribution >= 0.6 is 0 Å². The van der Waals surface area contributed by atoms with Crippen LogP contribution in [0.15, 0.2) is 18.2 Å². The number of nitrogens with one attached hydrogen (secondary N) is 2. The minimum Gasteiger partial charge on any atom is -0.315 e. The van der Waals surface area contributed by atoms with Gasteiger partial charge in [-0.2, -0.15) is 0 Å². The van der Waals surface area contributed by atoms with Gasteiger partial charge >= 0.3 is 0 Å². The molecule has 1 aliphatic rings. The molecule has 1 atom stereocenters. The van der Waals surface area contributed by atoms with Gasteiger partial charge in [0.15, 0.2) is 0 Å². The first kappa shape index (κ1) is 14.5. The Hall–Kier alpha value is -0.860. The molecule has 1 saturated heterocycles. The fourth-order valence-electron chi connectivity index (χ4n) is 2.65. The Bertz CT molecular complexity index is 412. The minimum absolute atomic E-state index is 0.241. The van der Waals surface area contributed by atoms with E-state index in [1.807, 2.05) is 0 Å². The molecule has 1 aromatic carbocycles. The highest BCUT2D eigenvalue weighted by Gasteiger charge is 2.15. The molecule has 0 spiro atoms. The van der Waals surface area contributed by atoms with Gasteiger partial charge < -0.3 is 10.6 Å². The first-order chi connectivity index (χ1) is 8.97. The molecule has 2 heteroatoms. The molecule has 1 aliphatic heterocycles. The average Bonchev–Trinajstić information content (AvgIpc) is 2.83. The van der Waals surface area contributed by atoms with Crippen molar-refractivity contribution in [1.29, 1.82) is 0 Å². The molecule has 2 nitrogen and oxygen atoms in total. The van der Waals surface area contributed by atoms with Crippen LogP contribution in [0.25, 0.3) is 0 Å². The van der Waals surface area contributed by atoms with Crippen LogP contribution in [0.5, 0.6) is 0 Å². The van der Waals surface area contributed by atoms with E-state index in [2.05, 4.69) is 56.5 Å². The van der Waals surface area contributed by atoms with Crippen LogP contribution in [0, 0.1) is 6.92 Å². The van der Waals surface area contributed by atoms with E-state index in [1.165, 1.54) is 23.1 Å². The van der Waals surface area contributed by atoms with Crippen molar-refractivity contribution in [3.05, 3.63) is 34.9 Å². The summed E-state index contributed by atoms with van der Waals surface area (Å²) in [5, 5.41) is 7.05. The zero-order valence-electron chi connectivity index (χ0n) is 12.8. The maximum Gasteiger partial charge on any atom is 0.0204 e. The molecule has 1 fully saturated rings. The number of hydrogen-bond donors (Lipinski definition) is 2. The lowest BCUT2D eigenvalue weighted by atomic mass is 9.85. The summed E-state index contributed by atoms with van der Waals surface area (Å²) in [7, 11) is 0. The molecule has 0 aliphatic carbocycles. The van der Waals surface area contributed by atoms with Crippen LogP contribution in [0.3, 0.4) is 0 Å². The van der Waals surface area contributed by atoms with Gasteiger partial charge in [-0.25, -0.2) is 0 Å². The van der Waals surface area contributed by atoms with E-state index in [1.54, 1.807) is 0 Å². The minimum atomic E-state index is 0.241. The molecule has 2 rings (SSSR count). The van der Waals surface area contributed by atoms with Crippen LogP contribution in [0.1, 0.15) is 43.9 Å². The van der Waals surface area contributed by atoms with Gasteiger partial charge in [-0.1, -0.05) is 39.0 Å². The summed E-state index contributed by atoms with van der Waals surface area (Å²) in [6, 6.07) is 7.61. The van der Waals surface area contributed by atoms with Crippen molar-refractivity contribution in [2.75, 3.05) is 19.6 Å². The molecular weight excluding hydrogens is 232 g/mol. The van der Waals surface area contributed by atoms with E-state index in [0.717, 1.165) is 26.1 Å². The summed E-state index contributed by atoms with van der Waals surface area (Å²) in [5.41, 5.74) is 4.59. The van der Waals surface area contributed by atoms with E-state index in [9.17, 15) is 0 Å². The van der Waals surface area contributed by atoms with Gasteiger partial charge in [0, 0.05) is 12.6 Å². The molecule has 0 aromatic heterocycles. The highest BCUT2D eigenvalue weighted by molar-refractivity contribution is 5.34. The quantitative estimate of drug-likeness (QED) is 0.870. The molecule has 1 heterocycles. The first-order valence-corrected chi connectivity index (χ1v) is 7.51. The summed E-state index contributed by atoms with van der Waals surface area (Å²) in [6.45, 7) is 12.4. The summed E-state index contributed by atoms with van der Waals surface area (Å²) in [4.78, 5) is 0. The molecule has 1 aromatic rings. The Labute approximate surface area is 118 Å². The van der Waals surface area contributed by atoms with E-state index < -0.39 is 0 Å². The second-order valence-corrected chi connectivity index (χ2v) is 6.79. The molecule has 0 amide bonds. The second kappa shape index (κ2) is 6.06. The number of rotatable bonds is 4. The van der Waals surface area contributed by atoms with E-state index in [0.29, 0.717) is 6.04 Å². The van der Waals surface area contributed by atoms with Crippen molar-refractivity contribution < 1.29 is 0 Å². The number of hydrogen-bond acceptors (Lipinski definition) is 2. The van der Waals surface area contributed by atoms with Crippen molar-refractivity contribution in [3.8, 4) is 0 Å². The van der Waals surface area contributed by atoms with Crippen LogP contribution in [-0.2, 0) is 11.8 Å². The fraction of sp³-hybridized carbons (Fsp3) is 0.647. The maximum absolute atomic E-state index is 3.65. The molecule has 1 unspecified atom stereocenters. The SMILES string of the molecule is Cc1ccc(C(C)(C)C)cc1CCNC1CCNC1. The summed E-state index contributed by atoms with van der Waals surface area (Å²) in [6.07, 6.45) is 2.40. The highest BCUT2D eigenvalue weighted by Crippen LogP contribution is 2.24. The Morgan fingerprint density at radius 2 is 2.11 bits per heavy atom. The molecular formula is C17H28N2. The fourth-order valence-corrected chi connectivity index (χ4v) is 2.65. The lowest BCUT2D eigenvalue weighted by Gasteiger charge is -2.21. The van der Waals surface area contributed by atoms with Crippen molar-refractivity contribution >= 4 is 0 Å². The first-order valence-electron chi connectivity index (χ1n) is 7.51. The monoisotopic (exact) mass is 260 g/mol. The third-order valence-corrected chi connectivity index (χ3v) is 4.10. The smallest absolute Gasteiger partial charge is 0.0204 e. The van der Waals surface area contributed by atoms with E-state index in [4.69, 9.17) is 0 Å². The largest absolute Gasteiger partial charge is 0.315 e. The maximum atomic E-state index is 3.65. The third-order valence-electron chi connectivity index (χ3n) is 4.10.